The highest BCUT2D eigenvalue weighted by atomic mass is 35.5. The topological polar surface area (TPSA) is 96.0 Å². The number of rotatable bonds is 14. The van der Waals surface area contributed by atoms with Crippen molar-refractivity contribution in [1.82, 2.24) is 10.2 Å². The molecule has 4 rings (SSSR count). The molecule has 1 unspecified atom stereocenters. The smallest absolute Gasteiger partial charge is 0.264 e. The number of anilines is 1. The molecule has 4 aromatic rings. The van der Waals surface area contributed by atoms with Crippen molar-refractivity contribution in [2.75, 3.05) is 24.5 Å². The lowest BCUT2D eigenvalue weighted by Gasteiger charge is -2.34. The highest BCUT2D eigenvalue weighted by molar-refractivity contribution is 7.92. The second kappa shape index (κ2) is 16.0. The Kier molecular flexibility index (Phi) is 12.1. The van der Waals surface area contributed by atoms with Crippen molar-refractivity contribution in [2.45, 2.75) is 37.8 Å². The zero-order chi connectivity index (χ0) is 33.3. The molecule has 0 aliphatic carbocycles. The van der Waals surface area contributed by atoms with Crippen molar-refractivity contribution in [3.05, 3.63) is 124 Å². The average Bonchev–Trinajstić information content (AvgIpc) is 3.06. The van der Waals surface area contributed by atoms with Gasteiger partial charge in [0, 0.05) is 35.1 Å². The van der Waals surface area contributed by atoms with Gasteiger partial charge in [0.15, 0.2) is 0 Å². The summed E-state index contributed by atoms with van der Waals surface area (Å²) in [6, 6.07) is 27.5. The molecule has 8 nitrogen and oxygen atoms in total. The third-order valence-corrected chi connectivity index (χ3v) is 9.81. The number of hydrogen-bond donors (Lipinski definition) is 1. The van der Waals surface area contributed by atoms with E-state index in [1.54, 1.807) is 60.7 Å². The Hall–Kier alpha value is -4.05. The van der Waals surface area contributed by atoms with Crippen molar-refractivity contribution in [1.29, 1.82) is 0 Å². The highest BCUT2D eigenvalue weighted by Crippen LogP contribution is 2.29. The summed E-state index contributed by atoms with van der Waals surface area (Å²) in [5.74, 6) is -0.320. The van der Waals surface area contributed by atoms with Gasteiger partial charge in [-0.05, 0) is 60.0 Å². The van der Waals surface area contributed by atoms with Gasteiger partial charge >= 0.3 is 0 Å². The molecule has 0 aromatic heterocycles. The Morgan fingerprint density at radius 3 is 1.98 bits per heavy atom. The molecule has 2 amide bonds. The van der Waals surface area contributed by atoms with E-state index in [0.717, 1.165) is 9.87 Å². The van der Waals surface area contributed by atoms with Gasteiger partial charge in [0.25, 0.3) is 10.0 Å². The van der Waals surface area contributed by atoms with Crippen LogP contribution in [0.3, 0.4) is 0 Å². The normalized spacial score (nSPS) is 12.0. The fourth-order valence-corrected chi connectivity index (χ4v) is 6.78. The first-order chi connectivity index (χ1) is 22.0. The number of carbonyl (C=O) groups is 2. The fourth-order valence-electron chi connectivity index (χ4n) is 4.83. The first kappa shape index (κ1) is 34.8. The lowest BCUT2D eigenvalue weighted by molar-refractivity contribution is -0.140. The maximum atomic E-state index is 14.6. The summed E-state index contributed by atoms with van der Waals surface area (Å²) in [6.45, 7) is 3.60. The molecule has 4 aromatic carbocycles. The Labute approximate surface area is 280 Å². The maximum absolute atomic E-state index is 14.6. The zero-order valence-electron chi connectivity index (χ0n) is 25.9. The van der Waals surface area contributed by atoms with Crippen LogP contribution in [-0.2, 0) is 32.6 Å². The number of halogens is 2. The Morgan fingerprint density at radius 1 is 0.826 bits per heavy atom. The summed E-state index contributed by atoms with van der Waals surface area (Å²) in [5, 5.41) is 3.59. The van der Waals surface area contributed by atoms with Gasteiger partial charge in [0.1, 0.15) is 18.3 Å². The SMILES string of the molecule is COc1ccc(N(CC(=O)N(Cc2c(Cl)cccc2Cl)C(Cc2ccccc2)C(=O)NCC(C)C)S(=O)(=O)c2ccccc2)cc1. The van der Waals surface area contributed by atoms with E-state index in [-0.39, 0.29) is 35.4 Å². The van der Waals surface area contributed by atoms with Gasteiger partial charge < -0.3 is 15.0 Å². The van der Waals surface area contributed by atoms with Gasteiger partial charge in [-0.2, -0.15) is 0 Å². The minimum atomic E-state index is -4.23. The van der Waals surface area contributed by atoms with Gasteiger partial charge in [0.2, 0.25) is 11.8 Å². The van der Waals surface area contributed by atoms with Crippen LogP contribution in [0, 0.1) is 5.92 Å². The molecule has 0 heterocycles. The number of sulfonamides is 1. The number of carbonyl (C=O) groups excluding carboxylic acids is 2. The molecule has 0 radical (unpaired) electrons. The van der Waals surface area contributed by atoms with E-state index in [9.17, 15) is 18.0 Å². The third kappa shape index (κ3) is 8.81. The number of nitrogens with one attached hydrogen (secondary N) is 1. The van der Waals surface area contributed by atoms with Crippen LogP contribution in [0.25, 0.3) is 0 Å². The standard InChI is InChI=1S/C35H37Cl2N3O5S/c1-25(2)22-38-35(42)33(21-26-11-6-4-7-12-26)39(23-30-31(36)15-10-16-32(30)37)34(41)24-40(27-17-19-28(45-3)20-18-27)46(43,44)29-13-8-5-9-14-29/h4-20,25,33H,21-24H2,1-3H3,(H,38,42). The number of benzene rings is 4. The first-order valence-corrected chi connectivity index (χ1v) is 17.0. The molecule has 0 bridgehead atoms. The van der Waals surface area contributed by atoms with Crippen molar-refractivity contribution >= 4 is 50.7 Å². The van der Waals surface area contributed by atoms with E-state index in [4.69, 9.17) is 27.9 Å². The summed E-state index contributed by atoms with van der Waals surface area (Å²) in [7, 11) is -2.72. The van der Waals surface area contributed by atoms with Crippen LogP contribution in [0.15, 0.2) is 108 Å². The Bertz CT molecular complexity index is 1700. The summed E-state index contributed by atoms with van der Waals surface area (Å²) in [5.41, 5.74) is 1.51. The molecule has 0 aliphatic rings. The molecular formula is C35H37Cl2N3O5S. The van der Waals surface area contributed by atoms with E-state index in [1.807, 2.05) is 44.2 Å². The lowest BCUT2D eigenvalue weighted by Crippen LogP contribution is -2.53. The minimum absolute atomic E-state index is 0.00910. The number of hydrogen-bond acceptors (Lipinski definition) is 5. The molecule has 0 saturated carbocycles. The summed E-state index contributed by atoms with van der Waals surface area (Å²) < 4.78 is 34.5. The van der Waals surface area contributed by atoms with E-state index in [0.29, 0.717) is 27.9 Å². The quantitative estimate of drug-likeness (QED) is 0.162. The average molecular weight is 683 g/mol. The summed E-state index contributed by atoms with van der Waals surface area (Å²) in [6.07, 6.45) is 0.173. The largest absolute Gasteiger partial charge is 0.497 e. The molecule has 0 spiro atoms. The first-order valence-electron chi connectivity index (χ1n) is 14.8. The van der Waals surface area contributed by atoms with Crippen LogP contribution in [0.4, 0.5) is 5.69 Å². The number of methoxy groups -OCH3 is 1. The van der Waals surface area contributed by atoms with Crippen LogP contribution in [0.1, 0.15) is 25.0 Å². The van der Waals surface area contributed by atoms with Crippen LogP contribution in [-0.4, -0.2) is 51.4 Å². The van der Waals surface area contributed by atoms with E-state index >= 15 is 0 Å². The van der Waals surface area contributed by atoms with Crippen LogP contribution in [0.5, 0.6) is 5.75 Å². The van der Waals surface area contributed by atoms with Crippen LogP contribution in [0.2, 0.25) is 10.0 Å². The number of amides is 2. The molecule has 1 N–H and O–H groups in total. The predicted molar refractivity (Wildman–Crippen MR) is 183 cm³/mol. The fraction of sp³-hybridized carbons (Fsp3) is 0.257. The van der Waals surface area contributed by atoms with E-state index < -0.39 is 28.5 Å². The van der Waals surface area contributed by atoms with Crippen molar-refractivity contribution in [3.63, 3.8) is 0 Å². The molecule has 0 fully saturated rings. The van der Waals surface area contributed by atoms with Gasteiger partial charge in [-0.3, -0.25) is 13.9 Å². The Morgan fingerprint density at radius 2 is 1.41 bits per heavy atom. The predicted octanol–water partition coefficient (Wildman–Crippen LogP) is 6.61. The molecule has 11 heteroatoms. The zero-order valence-corrected chi connectivity index (χ0v) is 28.2. The molecule has 46 heavy (non-hydrogen) atoms. The molecule has 1 atom stereocenters. The van der Waals surface area contributed by atoms with Gasteiger partial charge in [-0.1, -0.05) is 91.6 Å². The Balaban J connectivity index is 1.82. The second-order valence-corrected chi connectivity index (χ2v) is 13.8. The monoisotopic (exact) mass is 681 g/mol. The number of ether oxygens (including phenoxy) is 1. The minimum Gasteiger partial charge on any atom is -0.497 e. The van der Waals surface area contributed by atoms with Crippen LogP contribution < -0.4 is 14.4 Å². The summed E-state index contributed by atoms with van der Waals surface area (Å²) in [4.78, 5) is 29.8. The highest BCUT2D eigenvalue weighted by Gasteiger charge is 2.35. The molecular weight excluding hydrogens is 645 g/mol. The van der Waals surface area contributed by atoms with E-state index in [1.165, 1.54) is 24.1 Å². The lowest BCUT2D eigenvalue weighted by atomic mass is 10.0. The van der Waals surface area contributed by atoms with Gasteiger partial charge in [-0.25, -0.2) is 8.42 Å². The number of nitrogens with zero attached hydrogens (tertiary/aromatic N) is 2. The van der Waals surface area contributed by atoms with Gasteiger partial charge in [-0.15, -0.1) is 0 Å². The van der Waals surface area contributed by atoms with Crippen molar-refractivity contribution in [2.24, 2.45) is 5.92 Å². The van der Waals surface area contributed by atoms with E-state index in [2.05, 4.69) is 5.32 Å². The van der Waals surface area contributed by atoms with Crippen molar-refractivity contribution < 1.29 is 22.7 Å². The second-order valence-electron chi connectivity index (χ2n) is 11.1. The van der Waals surface area contributed by atoms with Gasteiger partial charge in [0.05, 0.1) is 17.7 Å². The molecule has 242 valence electrons. The third-order valence-electron chi connectivity index (χ3n) is 7.32. The van der Waals surface area contributed by atoms with Crippen molar-refractivity contribution in [3.8, 4) is 5.75 Å². The molecule has 0 aliphatic heterocycles. The molecule has 0 saturated heterocycles. The maximum Gasteiger partial charge on any atom is 0.264 e. The van der Waals surface area contributed by atoms with Crippen LogP contribution >= 0.6 is 23.2 Å². The summed E-state index contributed by atoms with van der Waals surface area (Å²) >= 11 is 13.1.